The van der Waals surface area contributed by atoms with E-state index < -0.39 is 0 Å². The van der Waals surface area contributed by atoms with Crippen molar-refractivity contribution in [2.75, 3.05) is 7.05 Å². The summed E-state index contributed by atoms with van der Waals surface area (Å²) < 4.78 is 0. The van der Waals surface area contributed by atoms with E-state index >= 15 is 0 Å². The standard InChI is InChI=1S/C8H11N3/c1-3-9-7-8-10-5-4-6-11(8)2/h3-7H,1-2H3/b8-7-,9-3-. The maximum absolute atomic E-state index is 4.11. The van der Waals surface area contributed by atoms with Crippen LogP contribution in [0, 0.1) is 0 Å². The Labute approximate surface area is 66.5 Å². The number of rotatable bonds is 1. The minimum Gasteiger partial charge on any atom is -0.335 e. The van der Waals surface area contributed by atoms with E-state index in [4.69, 9.17) is 0 Å². The van der Waals surface area contributed by atoms with E-state index in [1.54, 1.807) is 18.6 Å². The zero-order valence-electron chi connectivity index (χ0n) is 6.73. The van der Waals surface area contributed by atoms with Crippen molar-refractivity contribution < 1.29 is 0 Å². The number of aliphatic imine (C=N–C) groups is 2. The minimum atomic E-state index is 0.852. The quantitative estimate of drug-likeness (QED) is 0.518. The molecule has 0 aliphatic carbocycles. The third-order valence-electron chi connectivity index (χ3n) is 1.30. The van der Waals surface area contributed by atoms with E-state index in [1.807, 2.05) is 31.1 Å². The Morgan fingerprint density at radius 3 is 3.09 bits per heavy atom. The molecule has 0 radical (unpaired) electrons. The summed E-state index contributed by atoms with van der Waals surface area (Å²) >= 11 is 0. The lowest BCUT2D eigenvalue weighted by atomic mass is 10.5. The van der Waals surface area contributed by atoms with Crippen molar-refractivity contribution in [1.82, 2.24) is 4.90 Å². The Morgan fingerprint density at radius 2 is 2.45 bits per heavy atom. The van der Waals surface area contributed by atoms with E-state index in [0.29, 0.717) is 0 Å². The topological polar surface area (TPSA) is 28.0 Å². The number of allylic oxidation sites excluding steroid dienone is 1. The van der Waals surface area contributed by atoms with Crippen LogP contribution >= 0.6 is 0 Å². The molecule has 0 saturated carbocycles. The second-order valence-corrected chi connectivity index (χ2v) is 2.13. The van der Waals surface area contributed by atoms with Crippen LogP contribution in [0.5, 0.6) is 0 Å². The normalized spacial score (nSPS) is 20.5. The molecule has 3 heteroatoms. The molecular weight excluding hydrogens is 138 g/mol. The van der Waals surface area contributed by atoms with Gasteiger partial charge in [0.25, 0.3) is 0 Å². The molecule has 1 aliphatic rings. The van der Waals surface area contributed by atoms with Crippen molar-refractivity contribution in [2.45, 2.75) is 6.92 Å². The van der Waals surface area contributed by atoms with Crippen molar-refractivity contribution in [1.29, 1.82) is 0 Å². The van der Waals surface area contributed by atoms with Crippen molar-refractivity contribution in [3.05, 3.63) is 24.3 Å². The summed E-state index contributed by atoms with van der Waals surface area (Å²) in [5.41, 5.74) is 0. The van der Waals surface area contributed by atoms with E-state index in [2.05, 4.69) is 9.98 Å². The molecule has 0 N–H and O–H groups in total. The molecular formula is C8H11N3. The fourth-order valence-corrected chi connectivity index (χ4v) is 0.720. The lowest BCUT2D eigenvalue weighted by Crippen LogP contribution is -2.10. The zero-order chi connectivity index (χ0) is 8.10. The van der Waals surface area contributed by atoms with Crippen molar-refractivity contribution >= 4 is 12.4 Å². The van der Waals surface area contributed by atoms with Gasteiger partial charge in [0.1, 0.15) is 0 Å². The van der Waals surface area contributed by atoms with E-state index in [1.165, 1.54) is 0 Å². The monoisotopic (exact) mass is 149 g/mol. The Hall–Kier alpha value is -1.38. The first kappa shape index (κ1) is 7.72. The summed E-state index contributed by atoms with van der Waals surface area (Å²) in [7, 11) is 1.93. The largest absolute Gasteiger partial charge is 0.335 e. The predicted octanol–water partition coefficient (Wildman–Crippen LogP) is 1.41. The Balaban J connectivity index is 2.72. The Bertz CT molecular complexity index is 236. The Morgan fingerprint density at radius 1 is 1.64 bits per heavy atom. The average Bonchev–Trinajstić information content (AvgIpc) is 2.03. The molecule has 58 valence electrons. The molecule has 0 fully saturated rings. The van der Waals surface area contributed by atoms with E-state index in [9.17, 15) is 0 Å². The first-order valence-electron chi connectivity index (χ1n) is 3.46. The molecule has 0 aromatic carbocycles. The van der Waals surface area contributed by atoms with Crippen molar-refractivity contribution in [3.63, 3.8) is 0 Å². The highest BCUT2D eigenvalue weighted by Crippen LogP contribution is 2.06. The summed E-state index contributed by atoms with van der Waals surface area (Å²) in [6, 6.07) is 0. The highest BCUT2D eigenvalue weighted by atomic mass is 15.2. The molecule has 1 aliphatic heterocycles. The van der Waals surface area contributed by atoms with Crippen LogP contribution in [0.25, 0.3) is 0 Å². The van der Waals surface area contributed by atoms with Crippen LogP contribution in [0.15, 0.2) is 34.3 Å². The molecule has 0 atom stereocenters. The smallest absolute Gasteiger partial charge is 0.150 e. The van der Waals surface area contributed by atoms with Gasteiger partial charge in [0.15, 0.2) is 5.82 Å². The van der Waals surface area contributed by atoms with Crippen LogP contribution in [0.1, 0.15) is 6.92 Å². The van der Waals surface area contributed by atoms with Crippen LogP contribution in [0.3, 0.4) is 0 Å². The van der Waals surface area contributed by atoms with Crippen LogP contribution < -0.4 is 0 Å². The van der Waals surface area contributed by atoms with Gasteiger partial charge in [-0.3, -0.25) is 4.99 Å². The molecule has 0 bridgehead atoms. The van der Waals surface area contributed by atoms with Gasteiger partial charge in [0.05, 0.1) is 6.20 Å². The second-order valence-electron chi connectivity index (χ2n) is 2.13. The molecule has 1 heterocycles. The molecule has 0 aromatic rings. The van der Waals surface area contributed by atoms with Gasteiger partial charge >= 0.3 is 0 Å². The summed E-state index contributed by atoms with van der Waals surface area (Å²) in [4.78, 5) is 9.99. The van der Waals surface area contributed by atoms with Gasteiger partial charge in [-0.1, -0.05) is 0 Å². The molecule has 1 rings (SSSR count). The predicted molar refractivity (Wildman–Crippen MR) is 47.6 cm³/mol. The summed E-state index contributed by atoms with van der Waals surface area (Å²) in [6.07, 6.45) is 9.02. The summed E-state index contributed by atoms with van der Waals surface area (Å²) in [6.45, 7) is 1.87. The third kappa shape index (κ3) is 2.04. The number of hydrogen-bond acceptors (Lipinski definition) is 3. The van der Waals surface area contributed by atoms with Gasteiger partial charge in [-0.15, -0.1) is 0 Å². The summed E-state index contributed by atoms with van der Waals surface area (Å²) in [5.74, 6) is 0.852. The van der Waals surface area contributed by atoms with Crippen LogP contribution in [0.4, 0.5) is 0 Å². The lowest BCUT2D eigenvalue weighted by Gasteiger charge is -2.15. The maximum atomic E-state index is 4.11. The molecule has 0 saturated heterocycles. The van der Waals surface area contributed by atoms with Crippen LogP contribution in [-0.4, -0.2) is 24.4 Å². The molecule has 0 spiro atoms. The molecule has 0 amide bonds. The van der Waals surface area contributed by atoms with Gasteiger partial charge < -0.3 is 4.90 Å². The fraction of sp³-hybridized carbons (Fsp3) is 0.250. The summed E-state index contributed by atoms with van der Waals surface area (Å²) in [5, 5.41) is 0. The Kier molecular flexibility index (Phi) is 2.60. The van der Waals surface area contributed by atoms with Gasteiger partial charge in [-0.25, -0.2) is 4.99 Å². The maximum Gasteiger partial charge on any atom is 0.150 e. The first-order chi connectivity index (χ1) is 5.34. The van der Waals surface area contributed by atoms with Crippen LogP contribution in [0.2, 0.25) is 0 Å². The van der Waals surface area contributed by atoms with Crippen LogP contribution in [-0.2, 0) is 0 Å². The van der Waals surface area contributed by atoms with Crippen molar-refractivity contribution in [2.24, 2.45) is 9.98 Å². The van der Waals surface area contributed by atoms with E-state index in [-0.39, 0.29) is 0 Å². The van der Waals surface area contributed by atoms with E-state index in [0.717, 1.165) is 5.82 Å². The second kappa shape index (κ2) is 3.71. The number of hydrogen-bond donors (Lipinski definition) is 0. The minimum absolute atomic E-state index is 0.852. The van der Waals surface area contributed by atoms with Gasteiger partial charge in [0, 0.05) is 25.7 Å². The highest BCUT2D eigenvalue weighted by molar-refractivity contribution is 5.73. The third-order valence-corrected chi connectivity index (χ3v) is 1.30. The van der Waals surface area contributed by atoms with Crippen molar-refractivity contribution in [3.8, 4) is 0 Å². The SMILES string of the molecule is C/C=N\C=C1\N=CC=CN1C. The molecule has 11 heavy (non-hydrogen) atoms. The molecule has 0 unspecified atom stereocenters. The average molecular weight is 149 g/mol. The van der Waals surface area contributed by atoms with Gasteiger partial charge in [-0.2, -0.15) is 0 Å². The number of nitrogens with zero attached hydrogens (tertiary/aromatic N) is 3. The fourth-order valence-electron chi connectivity index (χ4n) is 0.720. The highest BCUT2D eigenvalue weighted by Gasteiger charge is 1.99. The van der Waals surface area contributed by atoms with Gasteiger partial charge in [-0.05, 0) is 13.0 Å². The lowest BCUT2D eigenvalue weighted by molar-refractivity contribution is 0.557. The van der Waals surface area contributed by atoms with Gasteiger partial charge in [0.2, 0.25) is 0 Å². The zero-order valence-corrected chi connectivity index (χ0v) is 6.73. The first-order valence-corrected chi connectivity index (χ1v) is 3.46. The molecule has 0 aromatic heterocycles. The molecule has 3 nitrogen and oxygen atoms in total.